The van der Waals surface area contributed by atoms with Crippen molar-refractivity contribution in [2.75, 3.05) is 26.2 Å². The van der Waals surface area contributed by atoms with Gasteiger partial charge in [-0.05, 0) is 51.3 Å². The second kappa shape index (κ2) is 11.8. The number of carbonyl (C=O) groups is 2. The van der Waals surface area contributed by atoms with Crippen LogP contribution in [0.5, 0.6) is 0 Å². The largest absolute Gasteiger partial charge is 0.372 e. The molecule has 2 amide bonds. The van der Waals surface area contributed by atoms with Crippen LogP contribution >= 0.6 is 15.9 Å². The summed E-state index contributed by atoms with van der Waals surface area (Å²) in [6.45, 7) is 3.91. The van der Waals surface area contributed by atoms with Gasteiger partial charge in [-0.3, -0.25) is 14.4 Å². The van der Waals surface area contributed by atoms with Gasteiger partial charge in [-0.1, -0.05) is 18.2 Å². The molecule has 0 atom stereocenters. The quantitative estimate of drug-likeness (QED) is 0.429. The van der Waals surface area contributed by atoms with Crippen LogP contribution in [-0.4, -0.2) is 52.4 Å². The van der Waals surface area contributed by atoms with E-state index in [0.29, 0.717) is 48.3 Å². The van der Waals surface area contributed by atoms with Gasteiger partial charge in [-0.25, -0.2) is 8.78 Å². The van der Waals surface area contributed by atoms with E-state index in [1.807, 2.05) is 12.1 Å². The molecule has 1 saturated heterocycles. The predicted octanol–water partition coefficient (Wildman–Crippen LogP) is 3.96. The number of pyridine rings is 1. The third-order valence-electron chi connectivity index (χ3n) is 6.28. The minimum absolute atomic E-state index is 0.0132. The minimum Gasteiger partial charge on any atom is -0.372 e. The van der Waals surface area contributed by atoms with Crippen molar-refractivity contribution in [2.24, 2.45) is 0 Å². The zero-order valence-corrected chi connectivity index (χ0v) is 21.8. The van der Waals surface area contributed by atoms with E-state index in [0.717, 1.165) is 17.7 Å². The summed E-state index contributed by atoms with van der Waals surface area (Å²) in [5.41, 5.74) is 1.99. The molecule has 0 N–H and O–H groups in total. The number of hydrogen-bond acceptors (Lipinski definition) is 4. The number of benzene rings is 2. The maximum Gasteiger partial charge on any atom is 0.265 e. The van der Waals surface area contributed by atoms with Gasteiger partial charge in [0.25, 0.3) is 11.5 Å². The van der Waals surface area contributed by atoms with Crippen LogP contribution in [-0.2, 0) is 29.3 Å². The second-order valence-electron chi connectivity index (χ2n) is 8.81. The van der Waals surface area contributed by atoms with Crippen molar-refractivity contribution < 1.29 is 23.1 Å². The Morgan fingerprint density at radius 2 is 1.57 bits per heavy atom. The Morgan fingerprint density at radius 3 is 2.22 bits per heavy atom. The summed E-state index contributed by atoms with van der Waals surface area (Å²) < 4.78 is 34.2. The van der Waals surface area contributed by atoms with Gasteiger partial charge < -0.3 is 19.1 Å². The smallest absolute Gasteiger partial charge is 0.265 e. The van der Waals surface area contributed by atoms with Crippen molar-refractivity contribution in [3.63, 3.8) is 0 Å². The van der Waals surface area contributed by atoms with Gasteiger partial charge in [0, 0.05) is 56.5 Å². The summed E-state index contributed by atoms with van der Waals surface area (Å²) in [4.78, 5) is 40.6. The second-order valence-corrected chi connectivity index (χ2v) is 9.60. The Balaban J connectivity index is 1.35. The lowest BCUT2D eigenvalue weighted by molar-refractivity contribution is -0.130. The molecule has 1 fully saturated rings. The summed E-state index contributed by atoms with van der Waals surface area (Å²) in [6, 6.07) is 12.1. The summed E-state index contributed by atoms with van der Waals surface area (Å²) in [6.07, 6.45) is 1.65. The number of hydrogen-bond donors (Lipinski definition) is 0. The highest BCUT2D eigenvalue weighted by Gasteiger charge is 2.23. The minimum atomic E-state index is -0.683. The molecule has 1 aliphatic rings. The summed E-state index contributed by atoms with van der Waals surface area (Å²) in [5.74, 6) is -1.41. The van der Waals surface area contributed by atoms with Crippen molar-refractivity contribution in [3.8, 4) is 0 Å². The number of piperazine rings is 1. The number of rotatable bonds is 7. The first-order chi connectivity index (χ1) is 17.7. The lowest BCUT2D eigenvalue weighted by Gasteiger charge is -2.34. The van der Waals surface area contributed by atoms with E-state index in [2.05, 4.69) is 15.9 Å². The first kappa shape index (κ1) is 26.7. The van der Waals surface area contributed by atoms with Crippen molar-refractivity contribution in [2.45, 2.75) is 26.7 Å². The maximum absolute atomic E-state index is 13.8. The number of halogens is 3. The molecule has 3 aromatic rings. The fraction of sp³-hybridized carbons (Fsp3) is 0.296. The molecule has 0 bridgehead atoms. The molecule has 7 nitrogen and oxygen atoms in total. The third kappa shape index (κ3) is 6.50. The SMILES string of the molecule is CC(=O)N1CCN(C(=O)c2ccc(Cn3ccc(COCc4ccc(F)cc4F)c(Br)c3=O)cc2)CC1. The van der Waals surface area contributed by atoms with Crippen LogP contribution in [0.1, 0.15) is 34.0 Å². The Bertz CT molecular complexity index is 1350. The van der Waals surface area contributed by atoms with Crippen molar-refractivity contribution >= 4 is 27.7 Å². The molecule has 37 heavy (non-hydrogen) atoms. The average molecular weight is 574 g/mol. The molecular weight excluding hydrogens is 548 g/mol. The Hall–Kier alpha value is -3.37. The monoisotopic (exact) mass is 573 g/mol. The zero-order valence-electron chi connectivity index (χ0n) is 20.3. The molecule has 194 valence electrons. The number of aromatic nitrogens is 1. The summed E-state index contributed by atoms with van der Waals surface area (Å²) >= 11 is 3.33. The highest BCUT2D eigenvalue weighted by atomic mass is 79.9. The van der Waals surface area contributed by atoms with E-state index in [9.17, 15) is 23.2 Å². The van der Waals surface area contributed by atoms with E-state index >= 15 is 0 Å². The molecule has 10 heteroatoms. The fourth-order valence-electron chi connectivity index (χ4n) is 4.09. The van der Waals surface area contributed by atoms with E-state index in [1.54, 1.807) is 34.2 Å². The van der Waals surface area contributed by atoms with Gasteiger partial charge in [-0.15, -0.1) is 0 Å². The molecule has 2 aromatic carbocycles. The normalized spacial score (nSPS) is 13.6. The number of ether oxygens (including phenoxy) is 1. The van der Waals surface area contributed by atoms with Crippen molar-refractivity contribution in [3.05, 3.63) is 103 Å². The highest BCUT2D eigenvalue weighted by molar-refractivity contribution is 9.10. The van der Waals surface area contributed by atoms with Crippen LogP contribution < -0.4 is 5.56 Å². The number of nitrogens with zero attached hydrogens (tertiary/aromatic N) is 3. The Kier molecular flexibility index (Phi) is 8.50. The van der Waals surface area contributed by atoms with E-state index in [-0.39, 0.29) is 36.2 Å². The molecule has 1 aliphatic heterocycles. The van der Waals surface area contributed by atoms with Gasteiger partial charge in [0.15, 0.2) is 0 Å². The predicted molar refractivity (Wildman–Crippen MR) is 137 cm³/mol. The molecule has 1 aromatic heterocycles. The van der Waals surface area contributed by atoms with E-state index < -0.39 is 11.6 Å². The zero-order chi connectivity index (χ0) is 26.5. The van der Waals surface area contributed by atoms with Crippen LogP contribution in [0.25, 0.3) is 0 Å². The van der Waals surface area contributed by atoms with Gasteiger partial charge in [-0.2, -0.15) is 0 Å². The maximum atomic E-state index is 13.8. The molecule has 0 aliphatic carbocycles. The Labute approximate surface area is 221 Å². The summed E-state index contributed by atoms with van der Waals surface area (Å²) in [5, 5.41) is 0. The van der Waals surface area contributed by atoms with E-state index in [1.165, 1.54) is 17.6 Å². The molecule has 4 rings (SSSR count). The number of carbonyl (C=O) groups excluding carboxylic acids is 2. The average Bonchev–Trinajstić information content (AvgIpc) is 2.89. The van der Waals surface area contributed by atoms with E-state index in [4.69, 9.17) is 4.74 Å². The highest BCUT2D eigenvalue weighted by Crippen LogP contribution is 2.17. The van der Waals surface area contributed by atoms with Crippen LogP contribution in [0, 0.1) is 11.6 Å². The molecular formula is C27H26BrF2N3O4. The fourth-order valence-corrected chi connectivity index (χ4v) is 4.56. The van der Waals surface area contributed by atoms with Crippen LogP contribution in [0.4, 0.5) is 8.78 Å². The van der Waals surface area contributed by atoms with Crippen LogP contribution in [0.15, 0.2) is 64.0 Å². The van der Waals surface area contributed by atoms with Gasteiger partial charge >= 0.3 is 0 Å². The molecule has 2 heterocycles. The molecule has 0 radical (unpaired) electrons. The van der Waals surface area contributed by atoms with Crippen LogP contribution in [0.2, 0.25) is 0 Å². The first-order valence-corrected chi connectivity index (χ1v) is 12.6. The van der Waals surface area contributed by atoms with Crippen molar-refractivity contribution in [1.82, 2.24) is 14.4 Å². The van der Waals surface area contributed by atoms with Gasteiger partial charge in [0.2, 0.25) is 5.91 Å². The third-order valence-corrected chi connectivity index (χ3v) is 7.13. The lowest BCUT2D eigenvalue weighted by atomic mass is 10.1. The van der Waals surface area contributed by atoms with Crippen LogP contribution in [0.3, 0.4) is 0 Å². The topological polar surface area (TPSA) is 71.8 Å². The Morgan fingerprint density at radius 1 is 0.919 bits per heavy atom. The molecule has 0 saturated carbocycles. The standard InChI is InChI=1S/C27H26BrF2N3O4/c1-18(34)31-10-12-32(13-11-31)26(35)20-4-2-19(3-5-20)15-33-9-8-22(25(28)27(33)36)17-37-16-21-6-7-23(29)14-24(21)30/h2-9,14H,10-13,15-17H2,1H3. The van der Waals surface area contributed by atoms with Gasteiger partial charge in [0.1, 0.15) is 11.6 Å². The van der Waals surface area contributed by atoms with Crippen molar-refractivity contribution in [1.29, 1.82) is 0 Å². The first-order valence-electron chi connectivity index (χ1n) is 11.8. The molecule has 0 spiro atoms. The lowest BCUT2D eigenvalue weighted by Crippen LogP contribution is -2.50. The summed E-state index contributed by atoms with van der Waals surface area (Å²) in [7, 11) is 0. The molecule has 0 unspecified atom stereocenters. The van der Waals surface area contributed by atoms with Gasteiger partial charge in [0.05, 0.1) is 24.2 Å². The number of amides is 2.